The van der Waals surface area contributed by atoms with Crippen LogP contribution in [0.3, 0.4) is 0 Å². The molecule has 0 aliphatic carbocycles. The molecule has 0 amide bonds. The molecule has 1 aliphatic rings. The Bertz CT molecular complexity index is 385. The smallest absolute Gasteiger partial charge is 0.309 e. The first-order valence-electron chi connectivity index (χ1n) is 6.18. The molecule has 1 fully saturated rings. The van der Waals surface area contributed by atoms with Crippen LogP contribution < -0.4 is 0 Å². The standard InChI is InChI=1S/C14H18O3S/c15-13(10-14(16)6-8-18-9-7-14)17-11-12-4-2-1-3-5-12/h1-5,16H,6-11H2. The average Bonchev–Trinajstić information content (AvgIpc) is 2.38. The molecule has 0 radical (unpaired) electrons. The number of esters is 1. The molecule has 2 rings (SSSR count). The number of benzene rings is 1. The van der Waals surface area contributed by atoms with E-state index >= 15 is 0 Å². The molecule has 0 bridgehead atoms. The minimum absolute atomic E-state index is 0.112. The van der Waals surface area contributed by atoms with Gasteiger partial charge in [0.25, 0.3) is 0 Å². The number of thioether (sulfide) groups is 1. The van der Waals surface area contributed by atoms with Gasteiger partial charge in [0, 0.05) is 0 Å². The molecule has 4 heteroatoms. The molecule has 0 spiro atoms. The van der Waals surface area contributed by atoms with Crippen molar-refractivity contribution in [3.63, 3.8) is 0 Å². The van der Waals surface area contributed by atoms with E-state index in [-0.39, 0.29) is 19.0 Å². The summed E-state index contributed by atoms with van der Waals surface area (Å²) in [5.41, 5.74) is 0.121. The van der Waals surface area contributed by atoms with Gasteiger partial charge in [-0.1, -0.05) is 30.3 Å². The van der Waals surface area contributed by atoms with Crippen molar-refractivity contribution in [2.45, 2.75) is 31.5 Å². The first kappa shape index (κ1) is 13.4. The van der Waals surface area contributed by atoms with Crippen molar-refractivity contribution in [1.82, 2.24) is 0 Å². The zero-order valence-electron chi connectivity index (χ0n) is 10.3. The summed E-state index contributed by atoms with van der Waals surface area (Å²) in [6, 6.07) is 9.58. The van der Waals surface area contributed by atoms with E-state index in [0.717, 1.165) is 17.1 Å². The molecule has 1 N–H and O–H groups in total. The third-order valence-electron chi connectivity index (χ3n) is 3.14. The lowest BCUT2D eigenvalue weighted by Crippen LogP contribution is -2.36. The van der Waals surface area contributed by atoms with E-state index in [0.29, 0.717) is 12.8 Å². The third-order valence-corrected chi connectivity index (χ3v) is 4.13. The molecular weight excluding hydrogens is 248 g/mol. The molecule has 0 atom stereocenters. The maximum absolute atomic E-state index is 11.7. The van der Waals surface area contributed by atoms with Crippen LogP contribution in [0.2, 0.25) is 0 Å². The summed E-state index contributed by atoms with van der Waals surface area (Å²) in [6.07, 6.45) is 1.47. The van der Waals surface area contributed by atoms with Crippen LogP contribution in [-0.4, -0.2) is 28.2 Å². The summed E-state index contributed by atoms with van der Waals surface area (Å²) < 4.78 is 5.19. The molecule has 0 aromatic heterocycles. The normalized spacial score (nSPS) is 18.3. The van der Waals surface area contributed by atoms with Crippen molar-refractivity contribution < 1.29 is 14.6 Å². The Labute approximate surface area is 112 Å². The molecule has 98 valence electrons. The highest BCUT2D eigenvalue weighted by molar-refractivity contribution is 7.99. The van der Waals surface area contributed by atoms with E-state index in [2.05, 4.69) is 0 Å². The summed E-state index contributed by atoms with van der Waals surface area (Å²) in [6.45, 7) is 0.282. The quantitative estimate of drug-likeness (QED) is 0.850. The van der Waals surface area contributed by atoms with E-state index in [1.54, 1.807) is 0 Å². The van der Waals surface area contributed by atoms with Crippen molar-refractivity contribution in [2.24, 2.45) is 0 Å². The van der Waals surface area contributed by atoms with Gasteiger partial charge < -0.3 is 9.84 Å². The highest BCUT2D eigenvalue weighted by atomic mass is 32.2. The predicted octanol–water partition coefficient (Wildman–Crippen LogP) is 2.38. The fourth-order valence-corrected chi connectivity index (χ4v) is 3.24. The van der Waals surface area contributed by atoms with Crippen molar-refractivity contribution in [2.75, 3.05) is 11.5 Å². The predicted molar refractivity (Wildman–Crippen MR) is 72.4 cm³/mol. The van der Waals surface area contributed by atoms with Crippen molar-refractivity contribution >= 4 is 17.7 Å². The molecule has 1 aliphatic heterocycles. The molecule has 1 aromatic rings. The van der Waals surface area contributed by atoms with Crippen molar-refractivity contribution in [3.05, 3.63) is 35.9 Å². The first-order valence-corrected chi connectivity index (χ1v) is 7.33. The van der Waals surface area contributed by atoms with Gasteiger partial charge in [0.2, 0.25) is 0 Å². The van der Waals surface area contributed by atoms with Crippen LogP contribution in [0.4, 0.5) is 0 Å². The van der Waals surface area contributed by atoms with Gasteiger partial charge in [0.1, 0.15) is 6.61 Å². The fraction of sp³-hybridized carbons (Fsp3) is 0.500. The van der Waals surface area contributed by atoms with Crippen LogP contribution in [0.15, 0.2) is 30.3 Å². The van der Waals surface area contributed by atoms with Gasteiger partial charge in [0.05, 0.1) is 12.0 Å². The minimum Gasteiger partial charge on any atom is -0.461 e. The number of rotatable bonds is 4. The number of hydrogen-bond acceptors (Lipinski definition) is 4. The van der Waals surface area contributed by atoms with E-state index in [4.69, 9.17) is 4.74 Å². The second kappa shape index (κ2) is 6.25. The van der Waals surface area contributed by atoms with Crippen LogP contribution in [0.25, 0.3) is 0 Å². The van der Waals surface area contributed by atoms with E-state index in [1.165, 1.54) is 0 Å². The molecule has 18 heavy (non-hydrogen) atoms. The molecular formula is C14H18O3S. The van der Waals surface area contributed by atoms with Gasteiger partial charge in [-0.25, -0.2) is 0 Å². The Morgan fingerprint density at radius 3 is 2.61 bits per heavy atom. The lowest BCUT2D eigenvalue weighted by atomic mass is 9.93. The van der Waals surface area contributed by atoms with Gasteiger partial charge in [-0.3, -0.25) is 4.79 Å². The SMILES string of the molecule is O=C(CC1(O)CCSCC1)OCc1ccccc1. The number of hydrogen-bond donors (Lipinski definition) is 1. The lowest BCUT2D eigenvalue weighted by Gasteiger charge is -2.30. The molecule has 1 aromatic carbocycles. The third kappa shape index (κ3) is 4.03. The second-order valence-corrected chi connectivity index (χ2v) is 5.88. The monoisotopic (exact) mass is 266 g/mol. The summed E-state index contributed by atoms with van der Waals surface area (Å²) in [5.74, 6) is 1.53. The zero-order chi connectivity index (χ0) is 12.8. The van der Waals surface area contributed by atoms with Crippen LogP contribution in [0.5, 0.6) is 0 Å². The van der Waals surface area contributed by atoms with E-state index in [9.17, 15) is 9.90 Å². The van der Waals surface area contributed by atoms with E-state index in [1.807, 2.05) is 42.1 Å². The molecule has 1 heterocycles. The second-order valence-electron chi connectivity index (χ2n) is 4.66. The van der Waals surface area contributed by atoms with Gasteiger partial charge in [-0.05, 0) is 29.9 Å². The largest absolute Gasteiger partial charge is 0.461 e. The molecule has 1 saturated heterocycles. The molecule has 3 nitrogen and oxygen atoms in total. The van der Waals surface area contributed by atoms with Crippen LogP contribution in [-0.2, 0) is 16.1 Å². The van der Waals surface area contributed by atoms with E-state index < -0.39 is 5.60 Å². The Hall–Kier alpha value is -1.00. The lowest BCUT2D eigenvalue weighted by molar-refractivity contribution is -0.150. The Morgan fingerprint density at radius 1 is 1.28 bits per heavy atom. The van der Waals surface area contributed by atoms with Gasteiger partial charge in [0.15, 0.2) is 0 Å². The van der Waals surface area contributed by atoms with Gasteiger partial charge in [-0.2, -0.15) is 11.8 Å². The Kier molecular flexibility index (Phi) is 4.66. The average molecular weight is 266 g/mol. The summed E-state index contributed by atoms with van der Waals surface area (Å²) in [7, 11) is 0. The zero-order valence-corrected chi connectivity index (χ0v) is 11.1. The number of aliphatic hydroxyl groups is 1. The maximum atomic E-state index is 11.7. The Balaban J connectivity index is 1.78. The number of carbonyl (C=O) groups excluding carboxylic acids is 1. The summed E-state index contributed by atoms with van der Waals surface area (Å²) >= 11 is 1.82. The molecule has 0 saturated carbocycles. The Morgan fingerprint density at radius 2 is 1.94 bits per heavy atom. The minimum atomic E-state index is -0.848. The molecule has 0 unspecified atom stereocenters. The van der Waals surface area contributed by atoms with Crippen LogP contribution in [0, 0.1) is 0 Å². The number of carbonyl (C=O) groups is 1. The maximum Gasteiger partial charge on any atom is 0.309 e. The fourth-order valence-electron chi connectivity index (χ4n) is 1.99. The summed E-state index contributed by atoms with van der Waals surface area (Å²) in [5, 5.41) is 10.2. The highest BCUT2D eigenvalue weighted by Gasteiger charge is 2.32. The van der Waals surface area contributed by atoms with Crippen molar-refractivity contribution in [3.8, 4) is 0 Å². The van der Waals surface area contributed by atoms with Crippen LogP contribution >= 0.6 is 11.8 Å². The highest BCUT2D eigenvalue weighted by Crippen LogP contribution is 2.30. The van der Waals surface area contributed by atoms with Gasteiger partial charge in [-0.15, -0.1) is 0 Å². The van der Waals surface area contributed by atoms with Crippen molar-refractivity contribution in [1.29, 1.82) is 0 Å². The first-order chi connectivity index (χ1) is 8.68. The van der Waals surface area contributed by atoms with Crippen LogP contribution in [0.1, 0.15) is 24.8 Å². The summed E-state index contributed by atoms with van der Waals surface area (Å²) in [4.78, 5) is 11.7. The topological polar surface area (TPSA) is 46.5 Å². The van der Waals surface area contributed by atoms with Gasteiger partial charge >= 0.3 is 5.97 Å². The number of ether oxygens (including phenoxy) is 1.